The van der Waals surface area contributed by atoms with Gasteiger partial charge in [0.05, 0.1) is 12.0 Å². The third-order valence-corrected chi connectivity index (χ3v) is 6.67. The maximum Gasteiger partial charge on any atom is 0.230 e. The molecule has 3 heterocycles. The average Bonchev–Trinajstić information content (AvgIpc) is 3.19. The van der Waals surface area contributed by atoms with Gasteiger partial charge < -0.3 is 10.2 Å². The van der Waals surface area contributed by atoms with Crippen LogP contribution in [0.4, 0.5) is 0 Å². The predicted molar refractivity (Wildman–Crippen MR) is 104 cm³/mol. The van der Waals surface area contributed by atoms with Crippen molar-refractivity contribution in [2.75, 3.05) is 25.4 Å². The molecule has 1 saturated heterocycles. The third-order valence-electron chi connectivity index (χ3n) is 5.44. The van der Waals surface area contributed by atoms with Crippen molar-refractivity contribution in [3.63, 3.8) is 0 Å². The summed E-state index contributed by atoms with van der Waals surface area (Å²) in [5.41, 5.74) is 2.71. The van der Waals surface area contributed by atoms with E-state index in [-0.39, 0.29) is 12.0 Å². The largest absolute Gasteiger partial charge is 0.335 e. The average molecular weight is 355 g/mol. The van der Waals surface area contributed by atoms with Crippen LogP contribution in [0.25, 0.3) is 0 Å². The highest BCUT2D eigenvalue weighted by Crippen LogP contribution is 2.39. The molecule has 25 heavy (non-hydrogen) atoms. The molecule has 1 fully saturated rings. The van der Waals surface area contributed by atoms with Crippen LogP contribution in [-0.4, -0.2) is 36.2 Å². The van der Waals surface area contributed by atoms with Gasteiger partial charge in [0.1, 0.15) is 0 Å². The van der Waals surface area contributed by atoms with Crippen molar-refractivity contribution in [3.05, 3.63) is 58.5 Å². The fourth-order valence-corrected chi connectivity index (χ4v) is 5.31. The molecule has 0 saturated carbocycles. The highest BCUT2D eigenvalue weighted by Gasteiger charge is 2.34. The van der Waals surface area contributed by atoms with Gasteiger partial charge >= 0.3 is 0 Å². The molecule has 4 rings (SSSR count). The van der Waals surface area contributed by atoms with Gasteiger partial charge in [0.2, 0.25) is 5.91 Å². The van der Waals surface area contributed by atoms with Crippen LogP contribution >= 0.6 is 11.8 Å². The Kier molecular flexibility index (Phi) is 5.28. The van der Waals surface area contributed by atoms with E-state index in [4.69, 9.17) is 0 Å². The Morgan fingerprint density at radius 3 is 2.88 bits per heavy atom. The first kappa shape index (κ1) is 16.9. The van der Waals surface area contributed by atoms with Crippen LogP contribution in [0.2, 0.25) is 0 Å². The third kappa shape index (κ3) is 3.70. The molecule has 1 aromatic rings. The van der Waals surface area contributed by atoms with Gasteiger partial charge in [0.15, 0.2) is 0 Å². The SMILES string of the molecule is O=C(C1C=C(C2=CCNCC2)SC1)N1CCCCC1c1ccccc1. The zero-order valence-electron chi connectivity index (χ0n) is 14.6. The molecule has 2 atom stereocenters. The van der Waals surface area contributed by atoms with Gasteiger partial charge in [-0.2, -0.15) is 0 Å². The van der Waals surface area contributed by atoms with Gasteiger partial charge in [-0.15, -0.1) is 11.8 Å². The van der Waals surface area contributed by atoms with E-state index in [0.29, 0.717) is 5.91 Å². The zero-order chi connectivity index (χ0) is 17.1. The molecule has 132 valence electrons. The number of nitrogens with one attached hydrogen (secondary N) is 1. The quantitative estimate of drug-likeness (QED) is 0.893. The minimum atomic E-state index is 0.0418. The molecule has 2 unspecified atom stereocenters. The molecule has 1 aromatic carbocycles. The van der Waals surface area contributed by atoms with E-state index < -0.39 is 0 Å². The normalized spacial score (nSPS) is 27.0. The van der Waals surface area contributed by atoms with E-state index >= 15 is 0 Å². The van der Waals surface area contributed by atoms with Crippen molar-refractivity contribution in [2.45, 2.75) is 31.7 Å². The van der Waals surface area contributed by atoms with Crippen LogP contribution in [0.1, 0.15) is 37.3 Å². The summed E-state index contributed by atoms with van der Waals surface area (Å²) in [6, 6.07) is 10.8. The second-order valence-electron chi connectivity index (χ2n) is 7.09. The molecule has 3 nitrogen and oxygen atoms in total. The summed E-state index contributed by atoms with van der Waals surface area (Å²) in [6.45, 7) is 2.90. The Morgan fingerprint density at radius 1 is 1.20 bits per heavy atom. The summed E-state index contributed by atoms with van der Waals surface area (Å²) < 4.78 is 0. The van der Waals surface area contributed by atoms with Crippen molar-refractivity contribution in [1.82, 2.24) is 10.2 Å². The fourth-order valence-electron chi connectivity index (χ4n) is 4.08. The first-order valence-corrected chi connectivity index (χ1v) is 10.4. The van der Waals surface area contributed by atoms with Crippen molar-refractivity contribution in [3.8, 4) is 0 Å². The van der Waals surface area contributed by atoms with Gasteiger partial charge in [-0.05, 0) is 43.4 Å². The first-order valence-electron chi connectivity index (χ1n) is 9.43. The highest BCUT2D eigenvalue weighted by atomic mass is 32.2. The maximum atomic E-state index is 13.2. The lowest BCUT2D eigenvalue weighted by Gasteiger charge is -2.37. The van der Waals surface area contributed by atoms with E-state index in [1.54, 1.807) is 0 Å². The molecule has 1 N–H and O–H groups in total. The zero-order valence-corrected chi connectivity index (χ0v) is 15.4. The number of hydrogen-bond acceptors (Lipinski definition) is 3. The number of nitrogens with zero attached hydrogens (tertiary/aromatic N) is 1. The predicted octanol–water partition coefficient (Wildman–Crippen LogP) is 3.91. The van der Waals surface area contributed by atoms with Crippen LogP contribution in [0, 0.1) is 5.92 Å². The lowest BCUT2D eigenvalue weighted by atomic mass is 9.93. The van der Waals surface area contributed by atoms with Crippen LogP contribution < -0.4 is 5.32 Å². The number of carbonyl (C=O) groups is 1. The number of carbonyl (C=O) groups excluding carboxylic acids is 1. The summed E-state index contributed by atoms with van der Waals surface area (Å²) in [5.74, 6) is 1.27. The molecule has 0 aromatic heterocycles. The van der Waals surface area contributed by atoms with Crippen molar-refractivity contribution >= 4 is 17.7 Å². The van der Waals surface area contributed by atoms with E-state index in [1.807, 2.05) is 17.8 Å². The summed E-state index contributed by atoms with van der Waals surface area (Å²) >= 11 is 1.86. The molecule has 3 aliphatic rings. The number of benzene rings is 1. The molecular formula is C21H26N2OS. The van der Waals surface area contributed by atoms with Gasteiger partial charge in [-0.1, -0.05) is 42.5 Å². The molecule has 0 radical (unpaired) electrons. The number of allylic oxidation sites excluding steroid dienone is 1. The maximum absolute atomic E-state index is 13.2. The summed E-state index contributed by atoms with van der Waals surface area (Å²) in [5, 5.41) is 3.36. The molecule has 4 heteroatoms. The van der Waals surface area contributed by atoms with Crippen LogP contribution in [0.3, 0.4) is 0 Å². The van der Waals surface area contributed by atoms with Crippen molar-refractivity contribution < 1.29 is 4.79 Å². The van der Waals surface area contributed by atoms with Crippen molar-refractivity contribution in [2.24, 2.45) is 5.92 Å². The van der Waals surface area contributed by atoms with Gasteiger partial charge in [-0.3, -0.25) is 4.79 Å². The highest BCUT2D eigenvalue weighted by molar-refractivity contribution is 8.03. The minimum Gasteiger partial charge on any atom is -0.335 e. The second kappa shape index (κ2) is 7.79. The van der Waals surface area contributed by atoms with Crippen LogP contribution in [0.15, 0.2) is 53.0 Å². The van der Waals surface area contributed by atoms with Gasteiger partial charge in [-0.25, -0.2) is 0 Å². The lowest BCUT2D eigenvalue weighted by molar-refractivity contribution is -0.137. The molecule has 0 bridgehead atoms. The Balaban J connectivity index is 1.51. The summed E-state index contributed by atoms with van der Waals surface area (Å²) in [7, 11) is 0. The van der Waals surface area contributed by atoms with Gasteiger partial charge in [0.25, 0.3) is 0 Å². The minimum absolute atomic E-state index is 0.0418. The fraction of sp³-hybridized carbons (Fsp3) is 0.476. The number of likely N-dealkylation sites (tertiary alicyclic amines) is 1. The van der Waals surface area contributed by atoms with E-state index in [9.17, 15) is 4.79 Å². The Hall–Kier alpha value is -1.52. The number of piperidine rings is 1. The van der Waals surface area contributed by atoms with E-state index in [2.05, 4.69) is 46.6 Å². The molecule has 1 amide bonds. The molecular weight excluding hydrogens is 328 g/mol. The molecule has 0 aliphatic carbocycles. The number of thioether (sulfide) groups is 1. The first-order chi connectivity index (χ1) is 12.3. The monoisotopic (exact) mass is 354 g/mol. The Bertz CT molecular complexity index is 682. The lowest BCUT2D eigenvalue weighted by Crippen LogP contribution is -2.41. The standard InChI is InChI=1S/C21H26N2OS/c24-21(18-14-20(25-15-18)17-9-11-22-12-10-17)23-13-5-4-8-19(23)16-6-2-1-3-7-16/h1-3,6-7,9,14,18-19,22H,4-5,8,10-13,15H2. The van der Waals surface area contributed by atoms with Gasteiger partial charge in [0, 0.05) is 23.7 Å². The smallest absolute Gasteiger partial charge is 0.230 e. The Morgan fingerprint density at radius 2 is 2.08 bits per heavy atom. The number of hydrogen-bond donors (Lipinski definition) is 1. The summed E-state index contributed by atoms with van der Waals surface area (Å²) in [6.07, 6.45) is 9.02. The number of rotatable bonds is 3. The molecule has 0 spiro atoms. The second-order valence-corrected chi connectivity index (χ2v) is 8.15. The van der Waals surface area contributed by atoms with E-state index in [1.165, 1.54) is 22.5 Å². The number of amides is 1. The molecule has 3 aliphatic heterocycles. The topological polar surface area (TPSA) is 32.3 Å². The van der Waals surface area contributed by atoms with E-state index in [0.717, 1.165) is 44.6 Å². The summed E-state index contributed by atoms with van der Waals surface area (Å²) in [4.78, 5) is 16.7. The Labute approximate surface area is 154 Å². The van der Waals surface area contributed by atoms with Crippen molar-refractivity contribution in [1.29, 1.82) is 0 Å². The van der Waals surface area contributed by atoms with Crippen LogP contribution in [0.5, 0.6) is 0 Å². The van der Waals surface area contributed by atoms with Crippen LogP contribution in [-0.2, 0) is 4.79 Å².